The zero-order valence-electron chi connectivity index (χ0n) is 17.6. The fraction of sp³-hybridized carbons (Fsp3) is 0.0385. The molecule has 0 saturated heterocycles. The second-order valence-corrected chi connectivity index (χ2v) is 7.77. The van der Waals surface area contributed by atoms with Gasteiger partial charge in [-0.3, -0.25) is 15.0 Å². The van der Waals surface area contributed by atoms with E-state index in [0.29, 0.717) is 21.8 Å². The Labute approximate surface area is 196 Å². The Balaban J connectivity index is 1.77. The van der Waals surface area contributed by atoms with Crippen molar-refractivity contribution in [2.75, 3.05) is 0 Å². The van der Waals surface area contributed by atoms with Gasteiger partial charge in [-0.2, -0.15) is 5.10 Å². The number of hydrogen-bond donors (Lipinski definition) is 2. The molecule has 0 saturated carbocycles. The molecule has 1 heterocycles. The van der Waals surface area contributed by atoms with E-state index in [1.54, 1.807) is 35.0 Å². The Hall–Kier alpha value is -4.00. The molecule has 1 aromatic heterocycles. The number of carbonyl (C=O) groups excluding carboxylic acids is 2. The highest BCUT2D eigenvalue weighted by atomic mass is 35.5. The normalized spacial score (nSPS) is 11.3. The molecule has 7 heteroatoms. The van der Waals surface area contributed by atoms with Crippen molar-refractivity contribution in [2.45, 2.75) is 6.42 Å². The third-order valence-corrected chi connectivity index (χ3v) is 5.33. The van der Waals surface area contributed by atoms with E-state index in [1.807, 2.05) is 66.9 Å². The molecule has 0 aliphatic heterocycles. The average molecular weight is 457 g/mol. The van der Waals surface area contributed by atoms with Crippen LogP contribution in [-0.4, -0.2) is 21.5 Å². The van der Waals surface area contributed by atoms with Gasteiger partial charge in [0.05, 0.1) is 11.4 Å². The summed E-state index contributed by atoms with van der Waals surface area (Å²) in [5, 5.41) is 5.28. The molecule has 0 radical (unpaired) electrons. The number of para-hydroxylation sites is 1. The lowest BCUT2D eigenvalue weighted by molar-refractivity contribution is -0.117. The number of aromatic nitrogens is 2. The Morgan fingerprint density at radius 2 is 1.58 bits per heavy atom. The van der Waals surface area contributed by atoms with E-state index >= 15 is 0 Å². The molecule has 0 spiro atoms. The quantitative estimate of drug-likeness (QED) is 0.137. The highest BCUT2D eigenvalue weighted by Gasteiger charge is 2.18. The number of ketones is 1. The number of hydrazine groups is 1. The third kappa shape index (κ3) is 5.26. The lowest BCUT2D eigenvalue weighted by Gasteiger charge is -2.07. The van der Waals surface area contributed by atoms with Crippen molar-refractivity contribution in [3.8, 4) is 16.9 Å². The summed E-state index contributed by atoms with van der Waals surface area (Å²) in [7, 11) is 0. The molecule has 3 N–H and O–H groups in total. The number of rotatable bonds is 7. The largest absolute Gasteiger partial charge is 0.294 e. The highest BCUT2D eigenvalue weighted by molar-refractivity contribution is 6.30. The van der Waals surface area contributed by atoms with Crippen molar-refractivity contribution in [3.05, 3.63) is 113 Å². The van der Waals surface area contributed by atoms with Crippen LogP contribution in [0.3, 0.4) is 0 Å². The van der Waals surface area contributed by atoms with Crippen LogP contribution in [0, 0.1) is 0 Å². The van der Waals surface area contributed by atoms with Crippen LogP contribution < -0.4 is 11.3 Å². The summed E-state index contributed by atoms with van der Waals surface area (Å²) in [6.45, 7) is 0. The van der Waals surface area contributed by atoms with Gasteiger partial charge in [0.25, 0.3) is 5.91 Å². The summed E-state index contributed by atoms with van der Waals surface area (Å²) in [6.07, 6.45) is 3.36. The number of hydrogen-bond acceptors (Lipinski definition) is 4. The Morgan fingerprint density at radius 3 is 2.21 bits per heavy atom. The SMILES string of the molecule is NNC(=O)/C(=C/c1cn(-c2ccccc2)nc1-c1ccccc1)CC(=O)c1ccc(Cl)cc1. The van der Waals surface area contributed by atoms with Crippen molar-refractivity contribution >= 4 is 29.4 Å². The molecule has 0 bridgehead atoms. The summed E-state index contributed by atoms with van der Waals surface area (Å²) >= 11 is 5.92. The van der Waals surface area contributed by atoms with Gasteiger partial charge in [-0.25, -0.2) is 10.5 Å². The van der Waals surface area contributed by atoms with Gasteiger partial charge in [0.15, 0.2) is 5.78 Å². The fourth-order valence-electron chi connectivity index (χ4n) is 3.41. The number of Topliss-reactive ketones (excluding diaryl/α,β-unsaturated/α-hetero) is 1. The van der Waals surface area contributed by atoms with Crippen molar-refractivity contribution in [2.24, 2.45) is 5.84 Å². The maximum Gasteiger partial charge on any atom is 0.261 e. The first kappa shape index (κ1) is 22.2. The van der Waals surface area contributed by atoms with Crippen LogP contribution in [0.1, 0.15) is 22.3 Å². The smallest absolute Gasteiger partial charge is 0.261 e. The van der Waals surface area contributed by atoms with E-state index in [4.69, 9.17) is 22.5 Å². The van der Waals surface area contributed by atoms with E-state index in [0.717, 1.165) is 11.3 Å². The summed E-state index contributed by atoms with van der Waals surface area (Å²) in [5.74, 6) is 4.65. The van der Waals surface area contributed by atoms with Crippen LogP contribution in [-0.2, 0) is 4.79 Å². The van der Waals surface area contributed by atoms with E-state index in [-0.39, 0.29) is 17.8 Å². The second kappa shape index (κ2) is 10.1. The molecule has 4 rings (SSSR count). The molecule has 1 amide bonds. The summed E-state index contributed by atoms with van der Waals surface area (Å²) in [6, 6.07) is 25.8. The second-order valence-electron chi connectivity index (χ2n) is 7.33. The van der Waals surface area contributed by atoms with Gasteiger partial charge in [0.2, 0.25) is 0 Å². The predicted molar refractivity (Wildman–Crippen MR) is 130 cm³/mol. The van der Waals surface area contributed by atoms with Gasteiger partial charge in [0, 0.05) is 39.9 Å². The van der Waals surface area contributed by atoms with E-state index < -0.39 is 5.91 Å². The van der Waals surface area contributed by atoms with Gasteiger partial charge in [-0.1, -0.05) is 60.1 Å². The molecule has 6 nitrogen and oxygen atoms in total. The lowest BCUT2D eigenvalue weighted by Crippen LogP contribution is -2.32. The summed E-state index contributed by atoms with van der Waals surface area (Å²) < 4.78 is 1.74. The first-order chi connectivity index (χ1) is 16.0. The number of nitrogens with one attached hydrogen (secondary N) is 1. The maximum absolute atomic E-state index is 12.8. The van der Waals surface area contributed by atoms with Crippen LogP contribution in [0.15, 0.2) is 96.7 Å². The van der Waals surface area contributed by atoms with E-state index in [1.165, 1.54) is 0 Å². The van der Waals surface area contributed by atoms with Gasteiger partial charge >= 0.3 is 0 Å². The molecule has 164 valence electrons. The van der Waals surface area contributed by atoms with Crippen LogP contribution in [0.5, 0.6) is 0 Å². The zero-order chi connectivity index (χ0) is 23.2. The topological polar surface area (TPSA) is 90.0 Å². The summed E-state index contributed by atoms with van der Waals surface area (Å²) in [5.41, 5.74) is 5.95. The van der Waals surface area contributed by atoms with Crippen molar-refractivity contribution in [1.29, 1.82) is 0 Å². The molecular weight excluding hydrogens is 436 g/mol. The standard InChI is InChI=1S/C26H21ClN4O2/c27-22-13-11-18(12-14-22)24(32)16-20(26(33)29-28)15-21-17-31(23-9-5-2-6-10-23)30-25(21)19-7-3-1-4-8-19/h1-15,17H,16,28H2,(H,29,33)/b20-15+. The van der Waals surface area contributed by atoms with Gasteiger partial charge < -0.3 is 0 Å². The molecular formula is C26H21ClN4O2. The monoisotopic (exact) mass is 456 g/mol. The molecule has 0 atom stereocenters. The molecule has 33 heavy (non-hydrogen) atoms. The lowest BCUT2D eigenvalue weighted by atomic mass is 9.99. The van der Waals surface area contributed by atoms with Crippen LogP contribution in [0.25, 0.3) is 23.0 Å². The number of nitrogens with zero attached hydrogens (tertiary/aromatic N) is 2. The predicted octanol–water partition coefficient (Wildman–Crippen LogP) is 4.84. The minimum atomic E-state index is -0.538. The van der Waals surface area contributed by atoms with Crippen molar-refractivity contribution in [1.82, 2.24) is 15.2 Å². The Morgan fingerprint density at radius 1 is 0.939 bits per heavy atom. The first-order valence-corrected chi connectivity index (χ1v) is 10.6. The average Bonchev–Trinajstić information content (AvgIpc) is 3.28. The first-order valence-electron chi connectivity index (χ1n) is 10.3. The molecule has 3 aromatic carbocycles. The molecule has 0 fully saturated rings. The van der Waals surface area contributed by atoms with Gasteiger partial charge in [-0.05, 0) is 42.5 Å². The highest BCUT2D eigenvalue weighted by Crippen LogP contribution is 2.26. The summed E-state index contributed by atoms with van der Waals surface area (Å²) in [4.78, 5) is 25.4. The molecule has 0 aliphatic carbocycles. The zero-order valence-corrected chi connectivity index (χ0v) is 18.4. The van der Waals surface area contributed by atoms with Gasteiger partial charge in [-0.15, -0.1) is 0 Å². The van der Waals surface area contributed by atoms with E-state index in [2.05, 4.69) is 5.43 Å². The van der Waals surface area contributed by atoms with Gasteiger partial charge in [0.1, 0.15) is 0 Å². The third-order valence-electron chi connectivity index (χ3n) is 5.08. The molecule has 4 aromatic rings. The molecule has 0 aliphatic rings. The minimum absolute atomic E-state index is 0.130. The number of amides is 1. The Kier molecular flexibility index (Phi) is 6.78. The number of carbonyl (C=O) groups is 2. The van der Waals surface area contributed by atoms with Crippen LogP contribution in [0.4, 0.5) is 0 Å². The molecule has 0 unspecified atom stereocenters. The fourth-order valence-corrected chi connectivity index (χ4v) is 3.54. The van der Waals surface area contributed by atoms with E-state index in [9.17, 15) is 9.59 Å². The number of benzene rings is 3. The number of halogens is 1. The van der Waals surface area contributed by atoms with Crippen molar-refractivity contribution < 1.29 is 9.59 Å². The van der Waals surface area contributed by atoms with Crippen molar-refractivity contribution in [3.63, 3.8) is 0 Å². The van der Waals surface area contributed by atoms with Crippen LogP contribution in [0.2, 0.25) is 5.02 Å². The van der Waals surface area contributed by atoms with Crippen LogP contribution >= 0.6 is 11.6 Å². The number of nitrogens with two attached hydrogens (primary N) is 1. The minimum Gasteiger partial charge on any atom is -0.294 e. The Bertz CT molecular complexity index is 1300. The maximum atomic E-state index is 12.8.